The molecule has 13 nitrogen and oxygen atoms in total. The molecule has 0 saturated carbocycles. The Morgan fingerprint density at radius 1 is 1.04 bits per heavy atom. The fourth-order valence-electron chi connectivity index (χ4n) is 5.28. The summed E-state index contributed by atoms with van der Waals surface area (Å²) in [7, 11) is 1.59. The summed E-state index contributed by atoms with van der Waals surface area (Å²) in [6, 6.07) is 11.3. The molecule has 3 heterocycles. The Labute approximate surface area is 265 Å². The Kier molecular flexibility index (Phi) is 9.89. The van der Waals surface area contributed by atoms with Crippen LogP contribution in [0.1, 0.15) is 71.5 Å². The summed E-state index contributed by atoms with van der Waals surface area (Å²) in [6.45, 7) is 3.93. The molecule has 0 aliphatic carbocycles. The lowest BCUT2D eigenvalue weighted by atomic mass is 10.00. The minimum absolute atomic E-state index is 0.0935. The molecule has 0 fully saturated rings. The number of rotatable bonds is 5. The van der Waals surface area contributed by atoms with Crippen molar-refractivity contribution >= 4 is 34.5 Å². The van der Waals surface area contributed by atoms with Gasteiger partial charge in [0.1, 0.15) is 24.4 Å². The van der Waals surface area contributed by atoms with Crippen LogP contribution in [0.4, 0.5) is 0 Å². The van der Waals surface area contributed by atoms with E-state index in [0.717, 1.165) is 5.56 Å². The van der Waals surface area contributed by atoms with Gasteiger partial charge in [-0.05, 0) is 48.9 Å². The first kappa shape index (κ1) is 32.1. The fraction of sp³-hybridized carbons (Fsp3) is 0.364. The highest BCUT2D eigenvalue weighted by Crippen LogP contribution is 2.20. The predicted octanol–water partition coefficient (Wildman–Crippen LogP) is 2.17. The van der Waals surface area contributed by atoms with Crippen LogP contribution in [0.15, 0.2) is 70.3 Å². The monoisotopic (exact) mass is 627 g/mol. The van der Waals surface area contributed by atoms with Gasteiger partial charge in [-0.2, -0.15) is 0 Å². The molecule has 2 aromatic carbocycles. The minimum atomic E-state index is -0.982. The third-order valence-corrected chi connectivity index (χ3v) is 7.91. The molecule has 4 aromatic rings. The molecule has 1 aliphatic heterocycles. The van der Waals surface area contributed by atoms with Crippen molar-refractivity contribution in [3.8, 4) is 0 Å². The van der Waals surface area contributed by atoms with Crippen molar-refractivity contribution in [3.63, 3.8) is 0 Å². The van der Waals surface area contributed by atoms with Gasteiger partial charge in [0.15, 0.2) is 5.69 Å². The van der Waals surface area contributed by atoms with E-state index >= 15 is 0 Å². The van der Waals surface area contributed by atoms with Crippen LogP contribution in [0.5, 0.6) is 0 Å². The standard InChI is InChI=1S/C33H37N7O6/c1-19(2)27-31(44)37-25(15-20-9-5-4-6-10-20)32-38-26(17-46-32)29(42)34-14-8-7-11-23(30(43)39-27)36-28(41)21-12-13-22-24(16-21)35-18-40(3)33(22)45/h4-6,9-10,12-13,16-19,23,25,27H,7-8,11,14-15H2,1-3H3,(H,34,42)(H,36,41)(H,37,44)(H,39,43)/t23-,25+,27-/m0/s1. The second kappa shape index (κ2) is 14.2. The lowest BCUT2D eigenvalue weighted by Crippen LogP contribution is -2.56. The quantitative estimate of drug-likeness (QED) is 0.260. The molecule has 5 rings (SSSR count). The number of hydrogen-bond acceptors (Lipinski definition) is 8. The Hall–Kier alpha value is -5.33. The van der Waals surface area contributed by atoms with Gasteiger partial charge in [-0.25, -0.2) is 9.97 Å². The van der Waals surface area contributed by atoms with Crippen molar-refractivity contribution in [2.75, 3.05) is 6.54 Å². The Morgan fingerprint density at radius 3 is 2.59 bits per heavy atom. The van der Waals surface area contributed by atoms with E-state index in [1.54, 1.807) is 7.05 Å². The first-order chi connectivity index (χ1) is 22.1. The van der Waals surface area contributed by atoms with Crippen molar-refractivity contribution in [3.05, 3.63) is 94.2 Å². The maximum Gasteiger partial charge on any atom is 0.273 e. The van der Waals surface area contributed by atoms with Crippen molar-refractivity contribution in [2.24, 2.45) is 13.0 Å². The van der Waals surface area contributed by atoms with Crippen molar-refractivity contribution in [1.82, 2.24) is 35.8 Å². The molecule has 46 heavy (non-hydrogen) atoms. The largest absolute Gasteiger partial charge is 0.446 e. The van der Waals surface area contributed by atoms with E-state index in [0.29, 0.717) is 36.7 Å². The van der Waals surface area contributed by atoms with Crippen molar-refractivity contribution in [2.45, 2.75) is 57.7 Å². The highest BCUT2D eigenvalue weighted by molar-refractivity contribution is 6.00. The van der Waals surface area contributed by atoms with E-state index in [-0.39, 0.29) is 35.0 Å². The lowest BCUT2D eigenvalue weighted by Gasteiger charge is -2.27. The fourth-order valence-corrected chi connectivity index (χ4v) is 5.28. The number of aryl methyl sites for hydroxylation is 1. The molecular weight excluding hydrogens is 590 g/mol. The molecule has 0 unspecified atom stereocenters. The average Bonchev–Trinajstić information content (AvgIpc) is 3.54. The molecule has 1 aliphatic rings. The van der Waals surface area contributed by atoms with Gasteiger partial charge in [-0.1, -0.05) is 44.2 Å². The van der Waals surface area contributed by atoms with Gasteiger partial charge in [0.05, 0.1) is 17.2 Å². The summed E-state index contributed by atoms with van der Waals surface area (Å²) in [5.41, 5.74) is 1.34. The van der Waals surface area contributed by atoms with Crippen LogP contribution in [-0.4, -0.2) is 56.8 Å². The number of hydrogen-bond donors (Lipinski definition) is 4. The molecular formula is C33H37N7O6. The Balaban J connectivity index is 1.40. The normalized spacial score (nSPS) is 19.7. The zero-order chi connectivity index (χ0) is 32.8. The maximum atomic E-state index is 13.7. The van der Waals surface area contributed by atoms with Crippen LogP contribution in [0.25, 0.3) is 10.9 Å². The van der Waals surface area contributed by atoms with Crippen LogP contribution in [0, 0.1) is 5.92 Å². The van der Waals surface area contributed by atoms with Crippen molar-refractivity contribution < 1.29 is 23.6 Å². The molecule has 2 bridgehead atoms. The number of nitrogens with zero attached hydrogens (tertiary/aromatic N) is 3. The first-order valence-corrected chi connectivity index (χ1v) is 15.2. The summed E-state index contributed by atoms with van der Waals surface area (Å²) in [4.78, 5) is 74.6. The number of aromatic nitrogens is 3. The summed E-state index contributed by atoms with van der Waals surface area (Å²) in [5.74, 6) is -2.08. The molecule has 4 amide bonds. The van der Waals surface area contributed by atoms with Gasteiger partial charge >= 0.3 is 0 Å². The third-order valence-electron chi connectivity index (χ3n) is 7.91. The number of carbonyl (C=O) groups is 4. The molecule has 0 saturated heterocycles. The van der Waals surface area contributed by atoms with Crippen molar-refractivity contribution in [1.29, 1.82) is 0 Å². The van der Waals surface area contributed by atoms with E-state index in [4.69, 9.17) is 4.42 Å². The van der Waals surface area contributed by atoms with E-state index in [1.165, 1.54) is 35.4 Å². The Morgan fingerprint density at radius 2 is 1.83 bits per heavy atom. The topological polar surface area (TPSA) is 177 Å². The summed E-state index contributed by atoms with van der Waals surface area (Å²) >= 11 is 0. The number of nitrogens with one attached hydrogen (secondary N) is 4. The van der Waals surface area contributed by atoms with Crippen LogP contribution < -0.4 is 26.8 Å². The third kappa shape index (κ3) is 7.48. The Bertz CT molecular complexity index is 1800. The summed E-state index contributed by atoms with van der Waals surface area (Å²) in [6.07, 6.45) is 4.22. The van der Waals surface area contributed by atoms with E-state index in [2.05, 4.69) is 31.2 Å². The van der Waals surface area contributed by atoms with E-state index < -0.39 is 41.8 Å². The predicted molar refractivity (Wildman–Crippen MR) is 169 cm³/mol. The maximum absolute atomic E-state index is 13.7. The second-order valence-electron chi connectivity index (χ2n) is 11.7. The second-order valence-corrected chi connectivity index (χ2v) is 11.7. The van der Waals surface area contributed by atoms with Gasteiger partial charge in [-0.15, -0.1) is 0 Å². The SMILES string of the molecule is CC(C)[C@@H]1NC(=O)[C@@H](NC(=O)c2ccc3c(=O)n(C)cnc3c2)CCCCNC(=O)c2coc(n2)[C@@H](Cc2ccccc2)NC1=O. The summed E-state index contributed by atoms with van der Waals surface area (Å²) < 4.78 is 7.01. The molecule has 2 aromatic heterocycles. The van der Waals surface area contributed by atoms with Crippen LogP contribution in [-0.2, 0) is 23.1 Å². The number of benzene rings is 2. The van der Waals surface area contributed by atoms with Gasteiger partial charge in [-0.3, -0.25) is 24.0 Å². The number of carbonyl (C=O) groups excluding carboxylic acids is 4. The van der Waals surface area contributed by atoms with Gasteiger partial charge in [0.2, 0.25) is 17.7 Å². The molecule has 4 N–H and O–H groups in total. The number of oxazole rings is 1. The lowest BCUT2D eigenvalue weighted by molar-refractivity contribution is -0.131. The van der Waals surface area contributed by atoms with Gasteiger partial charge in [0.25, 0.3) is 17.4 Å². The van der Waals surface area contributed by atoms with Gasteiger partial charge in [0, 0.05) is 25.6 Å². The zero-order valence-electron chi connectivity index (χ0n) is 25.9. The summed E-state index contributed by atoms with van der Waals surface area (Å²) in [5, 5.41) is 11.8. The van der Waals surface area contributed by atoms with Crippen LogP contribution >= 0.6 is 0 Å². The number of amides is 4. The number of fused-ring (bicyclic) bond motifs is 3. The molecule has 0 radical (unpaired) electrons. The average molecular weight is 628 g/mol. The van der Waals surface area contributed by atoms with Gasteiger partial charge < -0.3 is 30.3 Å². The highest BCUT2D eigenvalue weighted by Gasteiger charge is 2.32. The molecule has 3 atom stereocenters. The van der Waals surface area contributed by atoms with Crippen LogP contribution in [0.3, 0.4) is 0 Å². The minimum Gasteiger partial charge on any atom is -0.446 e. The molecule has 13 heteroatoms. The highest BCUT2D eigenvalue weighted by atomic mass is 16.3. The molecule has 0 spiro atoms. The van der Waals surface area contributed by atoms with E-state index in [9.17, 15) is 24.0 Å². The zero-order valence-corrected chi connectivity index (χ0v) is 25.9. The van der Waals surface area contributed by atoms with Crippen LogP contribution in [0.2, 0.25) is 0 Å². The molecule has 240 valence electrons. The smallest absolute Gasteiger partial charge is 0.273 e. The first-order valence-electron chi connectivity index (χ1n) is 15.2. The van der Waals surface area contributed by atoms with E-state index in [1.807, 2.05) is 44.2 Å².